The molecule has 2 bridgehead atoms. The second-order valence-electron chi connectivity index (χ2n) is 17.1. The van der Waals surface area contributed by atoms with Gasteiger partial charge in [0.1, 0.15) is 46.2 Å². The molecular weight excluding hydrogens is 789 g/mol. The Balaban J connectivity index is 1.21. The Kier molecular flexibility index (Phi) is 10.8. The third-order valence-electron chi connectivity index (χ3n) is 12.1. The average Bonchev–Trinajstić information content (AvgIpc) is 3.70. The molecule has 4 aliphatic heterocycles. The Morgan fingerprint density at radius 2 is 1.92 bits per heavy atom. The van der Waals surface area contributed by atoms with Crippen LogP contribution in [-0.4, -0.2) is 116 Å². The number of pyridine rings is 1. The fourth-order valence-corrected chi connectivity index (χ4v) is 9.36. The van der Waals surface area contributed by atoms with E-state index in [1.54, 1.807) is 29.3 Å². The number of piperidine rings is 2. The molecule has 6 atom stereocenters. The summed E-state index contributed by atoms with van der Waals surface area (Å²) in [6.45, 7) is 9.53. The van der Waals surface area contributed by atoms with Gasteiger partial charge in [0.05, 0.1) is 30.4 Å². The van der Waals surface area contributed by atoms with E-state index in [1.807, 2.05) is 38.6 Å². The van der Waals surface area contributed by atoms with Gasteiger partial charge in [0.25, 0.3) is 0 Å². The Hall–Kier alpha value is -5.86. The van der Waals surface area contributed by atoms with Gasteiger partial charge in [-0.25, -0.2) is 18.6 Å². The number of carbonyl (C=O) groups is 1. The topological polar surface area (TPSA) is 142 Å². The number of hydrogen-bond donors (Lipinski definition) is 0. The fraction of sp³-hybridized carbons (Fsp3) is 0.500. The van der Waals surface area contributed by atoms with Gasteiger partial charge in [0, 0.05) is 55.9 Å². The van der Waals surface area contributed by atoms with Gasteiger partial charge in [-0.15, -0.1) is 11.5 Å². The Morgan fingerprint density at radius 1 is 1.07 bits per heavy atom. The second kappa shape index (κ2) is 16.2. The van der Waals surface area contributed by atoms with E-state index in [2.05, 4.69) is 26.0 Å². The van der Waals surface area contributed by atoms with Gasteiger partial charge in [-0.3, -0.25) is 9.58 Å². The lowest BCUT2D eigenvalue weighted by Gasteiger charge is -2.48. The molecule has 0 radical (unpaired) electrons. The first kappa shape index (κ1) is 40.5. The number of benzene rings is 2. The van der Waals surface area contributed by atoms with Gasteiger partial charge in [-0.2, -0.15) is 9.97 Å². The summed E-state index contributed by atoms with van der Waals surface area (Å²) in [6, 6.07) is 5.48. The smallest absolute Gasteiger partial charge is 0.410 e. The van der Waals surface area contributed by atoms with Gasteiger partial charge < -0.3 is 33.5 Å². The normalized spacial score (nSPS) is 23.5. The van der Waals surface area contributed by atoms with E-state index in [4.69, 9.17) is 45.1 Å². The van der Waals surface area contributed by atoms with Gasteiger partial charge in [0.2, 0.25) is 5.88 Å². The first-order chi connectivity index (χ1) is 29.4. The van der Waals surface area contributed by atoms with E-state index in [-0.39, 0.29) is 89.2 Å². The van der Waals surface area contributed by atoms with E-state index in [1.165, 1.54) is 13.2 Å². The van der Waals surface area contributed by atoms with Gasteiger partial charge >= 0.3 is 12.1 Å². The zero-order chi connectivity index (χ0) is 42.6. The lowest BCUT2D eigenvalue weighted by atomic mass is 9.84. The monoisotopic (exact) mass is 837 g/mol. The molecule has 320 valence electrons. The standard InChI is InChI=1S/C44H49F2N9O6/c1-7-27-21-54-29(22-55(27)43(56)61-44(3,4)5)23-58-40-35-38(36(46)37(48-40)32-19-30(59-24-57-6)18-26-12-14-33(45)31(8-2)34(26)32)49-42(50-39(35)54)60-41-25-10-9-16-53(41)28(13-11-25)20-52-17-15-47-51-52/h2,12,14-15,17-19,25,27-29,41H,7,9-11,13,16,20-24H2,1,3-6H3/t25-,27-,28+,29+,41?/m1/s1. The first-order valence-electron chi connectivity index (χ1n) is 20.9. The number of carbonyl (C=O) groups excluding carboxylic acids is 1. The second-order valence-corrected chi connectivity index (χ2v) is 17.1. The first-order valence-corrected chi connectivity index (χ1v) is 20.9. The lowest BCUT2D eigenvalue weighted by Crippen LogP contribution is -2.62. The molecule has 17 heteroatoms. The Morgan fingerprint density at radius 3 is 2.67 bits per heavy atom. The number of rotatable bonds is 9. The molecule has 0 N–H and O–H groups in total. The van der Waals surface area contributed by atoms with Crippen molar-refractivity contribution in [1.82, 2.24) is 39.7 Å². The minimum absolute atomic E-state index is 0.00605. The van der Waals surface area contributed by atoms with E-state index in [0.29, 0.717) is 36.5 Å². The van der Waals surface area contributed by atoms with E-state index < -0.39 is 29.4 Å². The number of nitrogens with zero attached hydrogens (tertiary/aromatic N) is 9. The molecule has 15 nitrogen and oxygen atoms in total. The molecule has 0 saturated carbocycles. The molecular formula is C44H49F2N9O6. The van der Waals surface area contributed by atoms with Crippen LogP contribution in [0.5, 0.6) is 17.6 Å². The minimum atomic E-state index is -0.806. The number of methoxy groups -OCH3 is 1. The van der Waals surface area contributed by atoms with Crippen LogP contribution in [0.4, 0.5) is 19.4 Å². The van der Waals surface area contributed by atoms with Crippen molar-refractivity contribution in [1.29, 1.82) is 0 Å². The highest BCUT2D eigenvalue weighted by atomic mass is 19.1. The fourth-order valence-electron chi connectivity index (χ4n) is 9.36. The molecule has 9 rings (SSSR count). The zero-order valence-corrected chi connectivity index (χ0v) is 34.9. The highest BCUT2D eigenvalue weighted by Crippen LogP contribution is 2.45. The molecule has 3 fully saturated rings. The number of amides is 1. The van der Waals surface area contributed by atoms with Crippen LogP contribution in [-0.2, 0) is 16.0 Å². The SMILES string of the molecule is C#Cc1c(F)ccc2cc(OCOC)cc(-c3nc4c5c(nc(OC6[C@@H]7CCCN6[C@H](Cn6ccnn6)CC7)nc5c3F)N3C[C@@H](CC)N(C(=O)OC(C)(C)C)C[C@H]3CO4)c12. The van der Waals surface area contributed by atoms with Crippen molar-refractivity contribution in [3.8, 4) is 41.2 Å². The van der Waals surface area contributed by atoms with Crippen LogP contribution in [0.15, 0.2) is 36.7 Å². The number of fused-ring (bicyclic) bond motifs is 5. The van der Waals surface area contributed by atoms with Crippen molar-refractivity contribution < 1.29 is 37.3 Å². The molecule has 2 aromatic carbocycles. The predicted octanol–water partition coefficient (Wildman–Crippen LogP) is 6.55. The Labute approximate surface area is 352 Å². The quantitative estimate of drug-likeness (QED) is 0.117. The molecule has 4 aliphatic rings. The number of anilines is 1. The van der Waals surface area contributed by atoms with Crippen molar-refractivity contribution in [3.05, 3.63) is 53.9 Å². The maximum Gasteiger partial charge on any atom is 0.410 e. The molecule has 1 amide bonds. The van der Waals surface area contributed by atoms with Crippen LogP contribution < -0.4 is 19.1 Å². The van der Waals surface area contributed by atoms with Crippen LogP contribution in [0.1, 0.15) is 65.4 Å². The summed E-state index contributed by atoms with van der Waals surface area (Å²) in [5.74, 6) is 1.97. The summed E-state index contributed by atoms with van der Waals surface area (Å²) >= 11 is 0. The van der Waals surface area contributed by atoms with Crippen LogP contribution in [0.2, 0.25) is 0 Å². The largest absolute Gasteiger partial charge is 0.475 e. The summed E-state index contributed by atoms with van der Waals surface area (Å²) in [7, 11) is 1.48. The zero-order valence-electron chi connectivity index (χ0n) is 34.9. The van der Waals surface area contributed by atoms with Crippen LogP contribution in [0, 0.1) is 29.9 Å². The van der Waals surface area contributed by atoms with Crippen molar-refractivity contribution in [2.75, 3.05) is 45.0 Å². The highest BCUT2D eigenvalue weighted by Gasteiger charge is 2.44. The lowest BCUT2D eigenvalue weighted by molar-refractivity contribution is -0.109. The number of ether oxygens (including phenoxy) is 5. The van der Waals surface area contributed by atoms with Crippen molar-refractivity contribution in [2.45, 2.75) is 96.3 Å². The predicted molar refractivity (Wildman–Crippen MR) is 221 cm³/mol. The maximum absolute atomic E-state index is 17.8. The molecule has 2 unspecified atom stereocenters. The van der Waals surface area contributed by atoms with Crippen LogP contribution in [0.3, 0.4) is 0 Å². The van der Waals surface area contributed by atoms with E-state index in [0.717, 1.165) is 32.2 Å². The van der Waals surface area contributed by atoms with Crippen molar-refractivity contribution in [2.24, 2.45) is 5.92 Å². The number of terminal acetylenes is 1. The highest BCUT2D eigenvalue weighted by molar-refractivity contribution is 6.04. The summed E-state index contributed by atoms with van der Waals surface area (Å²) in [5, 5.41) is 9.24. The number of piperazine rings is 1. The summed E-state index contributed by atoms with van der Waals surface area (Å²) < 4.78 is 65.3. The van der Waals surface area contributed by atoms with Crippen molar-refractivity contribution >= 4 is 33.6 Å². The van der Waals surface area contributed by atoms with Gasteiger partial charge in [-0.1, -0.05) is 24.1 Å². The Bertz CT molecular complexity index is 2510. The van der Waals surface area contributed by atoms with E-state index >= 15 is 8.78 Å². The molecule has 3 aromatic heterocycles. The summed E-state index contributed by atoms with van der Waals surface area (Å²) in [5.41, 5.74) is -0.860. The number of hydrogen-bond acceptors (Lipinski definition) is 13. The molecule has 7 heterocycles. The van der Waals surface area contributed by atoms with Gasteiger partial charge in [0.15, 0.2) is 18.8 Å². The third kappa shape index (κ3) is 7.60. The number of aromatic nitrogens is 6. The average molecular weight is 838 g/mol. The molecule has 5 aromatic rings. The van der Waals surface area contributed by atoms with E-state index in [9.17, 15) is 4.79 Å². The van der Waals surface area contributed by atoms with Crippen LogP contribution >= 0.6 is 0 Å². The molecule has 61 heavy (non-hydrogen) atoms. The maximum atomic E-state index is 17.8. The van der Waals surface area contributed by atoms with Crippen LogP contribution in [0.25, 0.3) is 32.9 Å². The number of halogens is 2. The minimum Gasteiger partial charge on any atom is -0.475 e. The third-order valence-corrected chi connectivity index (χ3v) is 12.1. The summed E-state index contributed by atoms with van der Waals surface area (Å²) in [4.78, 5) is 34.5. The molecule has 0 aliphatic carbocycles. The van der Waals surface area contributed by atoms with Gasteiger partial charge in [-0.05, 0) is 76.5 Å². The molecule has 3 saturated heterocycles. The summed E-state index contributed by atoms with van der Waals surface area (Å²) in [6.07, 6.45) is 13.1. The molecule has 0 spiro atoms. The van der Waals surface area contributed by atoms with Crippen molar-refractivity contribution in [3.63, 3.8) is 0 Å².